The normalized spacial score (nSPS) is 28.1. The molecule has 2 unspecified atom stereocenters. The summed E-state index contributed by atoms with van der Waals surface area (Å²) in [5.74, 6) is 0.149. The van der Waals surface area contributed by atoms with Crippen molar-refractivity contribution in [3.63, 3.8) is 0 Å². The van der Waals surface area contributed by atoms with E-state index in [-0.39, 0.29) is 17.9 Å². The van der Waals surface area contributed by atoms with E-state index in [2.05, 4.69) is 16.0 Å². The zero-order chi connectivity index (χ0) is 11.0. The largest absolute Gasteiger partial charge is 0.380 e. The van der Waals surface area contributed by atoms with Crippen LogP contribution >= 0.6 is 0 Å². The van der Waals surface area contributed by atoms with Crippen LogP contribution in [0.4, 0.5) is 11.4 Å². The Morgan fingerprint density at radius 1 is 1.19 bits per heavy atom. The number of hydrogen-bond acceptors (Lipinski definition) is 3. The van der Waals surface area contributed by atoms with E-state index < -0.39 is 0 Å². The predicted octanol–water partition coefficient (Wildman–Crippen LogP) is 1.03. The molecule has 2 atom stereocenters. The standard InChI is InChI=1S/C12H15N3O/c16-12-8-7-13-6-5-9(8)14-10-3-1-2-4-11(10)15-12/h1-4,8-9,13-14H,5-7H2,(H,15,16). The van der Waals surface area contributed by atoms with E-state index in [4.69, 9.17) is 0 Å². The van der Waals surface area contributed by atoms with Gasteiger partial charge in [0.05, 0.1) is 17.3 Å². The van der Waals surface area contributed by atoms with Gasteiger partial charge in [-0.05, 0) is 25.1 Å². The summed E-state index contributed by atoms with van der Waals surface area (Å²) in [6.45, 7) is 1.74. The van der Waals surface area contributed by atoms with Gasteiger partial charge in [0.2, 0.25) is 5.91 Å². The van der Waals surface area contributed by atoms with Gasteiger partial charge in [-0.1, -0.05) is 12.1 Å². The first-order valence-electron chi connectivity index (χ1n) is 5.72. The van der Waals surface area contributed by atoms with Gasteiger partial charge < -0.3 is 16.0 Å². The van der Waals surface area contributed by atoms with Crippen molar-refractivity contribution in [2.24, 2.45) is 5.92 Å². The number of anilines is 2. The van der Waals surface area contributed by atoms with Gasteiger partial charge in [-0.2, -0.15) is 0 Å². The van der Waals surface area contributed by atoms with Gasteiger partial charge in [0.1, 0.15) is 0 Å². The molecule has 4 heteroatoms. The van der Waals surface area contributed by atoms with Crippen LogP contribution in [0.25, 0.3) is 0 Å². The number of rotatable bonds is 0. The maximum absolute atomic E-state index is 12.0. The summed E-state index contributed by atoms with van der Waals surface area (Å²) in [5.41, 5.74) is 1.92. The highest BCUT2D eigenvalue weighted by Gasteiger charge is 2.33. The molecule has 2 aliphatic heterocycles. The Hall–Kier alpha value is -1.55. The van der Waals surface area contributed by atoms with E-state index in [1.807, 2.05) is 24.3 Å². The Balaban J connectivity index is 1.96. The topological polar surface area (TPSA) is 53.2 Å². The van der Waals surface area contributed by atoms with Crippen LogP contribution in [0.5, 0.6) is 0 Å². The number of benzene rings is 1. The van der Waals surface area contributed by atoms with Gasteiger partial charge in [0.15, 0.2) is 0 Å². The summed E-state index contributed by atoms with van der Waals surface area (Å²) >= 11 is 0. The van der Waals surface area contributed by atoms with E-state index in [9.17, 15) is 4.79 Å². The second-order valence-electron chi connectivity index (χ2n) is 4.38. The molecule has 4 nitrogen and oxygen atoms in total. The smallest absolute Gasteiger partial charge is 0.230 e. The van der Waals surface area contributed by atoms with Crippen LogP contribution < -0.4 is 16.0 Å². The molecule has 16 heavy (non-hydrogen) atoms. The third-order valence-electron chi connectivity index (χ3n) is 3.34. The summed E-state index contributed by atoms with van der Waals surface area (Å²) < 4.78 is 0. The summed E-state index contributed by atoms with van der Waals surface area (Å²) in [5, 5.41) is 9.72. The Labute approximate surface area is 94.4 Å². The number of piperidine rings is 1. The maximum Gasteiger partial charge on any atom is 0.230 e. The van der Waals surface area contributed by atoms with Crippen molar-refractivity contribution in [2.75, 3.05) is 23.7 Å². The molecule has 1 saturated heterocycles. The molecule has 1 amide bonds. The molecule has 2 aliphatic rings. The molecule has 0 aliphatic carbocycles. The fourth-order valence-corrected chi connectivity index (χ4v) is 2.45. The average Bonchev–Trinajstić information content (AvgIpc) is 2.45. The lowest BCUT2D eigenvalue weighted by Crippen LogP contribution is -2.47. The van der Waals surface area contributed by atoms with Crippen molar-refractivity contribution in [3.05, 3.63) is 24.3 Å². The lowest BCUT2D eigenvalue weighted by Gasteiger charge is -2.29. The quantitative estimate of drug-likeness (QED) is 0.608. The van der Waals surface area contributed by atoms with Crippen molar-refractivity contribution in [2.45, 2.75) is 12.5 Å². The SMILES string of the molecule is O=C1Nc2ccccc2NC2CCNCC12. The average molecular weight is 217 g/mol. The molecule has 3 N–H and O–H groups in total. The molecule has 0 spiro atoms. The van der Waals surface area contributed by atoms with Crippen LogP contribution in [0.2, 0.25) is 0 Å². The molecular formula is C12H15N3O. The number of nitrogens with one attached hydrogen (secondary N) is 3. The highest BCUT2D eigenvalue weighted by atomic mass is 16.2. The first kappa shape index (κ1) is 9.66. The van der Waals surface area contributed by atoms with E-state index in [0.29, 0.717) is 0 Å². The number of fused-ring (bicyclic) bond motifs is 2. The first-order chi connectivity index (χ1) is 7.84. The van der Waals surface area contributed by atoms with Gasteiger partial charge in [-0.3, -0.25) is 4.79 Å². The predicted molar refractivity (Wildman–Crippen MR) is 63.5 cm³/mol. The van der Waals surface area contributed by atoms with Gasteiger partial charge in [-0.25, -0.2) is 0 Å². The highest BCUT2D eigenvalue weighted by Crippen LogP contribution is 2.29. The Morgan fingerprint density at radius 2 is 2.00 bits per heavy atom. The highest BCUT2D eigenvalue weighted by molar-refractivity contribution is 5.98. The molecular weight excluding hydrogens is 202 g/mol. The molecule has 2 heterocycles. The van der Waals surface area contributed by atoms with E-state index >= 15 is 0 Å². The molecule has 1 fully saturated rings. The van der Waals surface area contributed by atoms with Crippen LogP contribution in [-0.4, -0.2) is 25.0 Å². The van der Waals surface area contributed by atoms with Crippen LogP contribution in [0.15, 0.2) is 24.3 Å². The molecule has 1 aromatic rings. The van der Waals surface area contributed by atoms with Crippen LogP contribution in [0.1, 0.15) is 6.42 Å². The monoisotopic (exact) mass is 217 g/mol. The van der Waals surface area contributed by atoms with Gasteiger partial charge in [0.25, 0.3) is 0 Å². The van der Waals surface area contributed by atoms with Crippen molar-refractivity contribution in [1.82, 2.24) is 5.32 Å². The first-order valence-corrected chi connectivity index (χ1v) is 5.72. The van der Waals surface area contributed by atoms with Crippen LogP contribution in [0.3, 0.4) is 0 Å². The molecule has 0 radical (unpaired) electrons. The van der Waals surface area contributed by atoms with Crippen LogP contribution in [0, 0.1) is 5.92 Å². The van der Waals surface area contributed by atoms with Crippen molar-refractivity contribution >= 4 is 17.3 Å². The number of amides is 1. The number of carbonyl (C=O) groups excluding carboxylic acids is 1. The minimum Gasteiger partial charge on any atom is -0.380 e. The Kier molecular flexibility index (Phi) is 2.29. The number of para-hydroxylation sites is 2. The lowest BCUT2D eigenvalue weighted by molar-refractivity contribution is -0.120. The maximum atomic E-state index is 12.0. The van der Waals surface area contributed by atoms with E-state index in [1.54, 1.807) is 0 Å². The van der Waals surface area contributed by atoms with Gasteiger partial charge in [0, 0.05) is 12.6 Å². The molecule has 3 rings (SSSR count). The van der Waals surface area contributed by atoms with Gasteiger partial charge >= 0.3 is 0 Å². The molecule has 0 saturated carbocycles. The molecule has 0 bridgehead atoms. The number of hydrogen-bond donors (Lipinski definition) is 3. The van der Waals surface area contributed by atoms with Crippen LogP contribution in [-0.2, 0) is 4.79 Å². The fraction of sp³-hybridized carbons (Fsp3) is 0.417. The Morgan fingerprint density at radius 3 is 2.88 bits per heavy atom. The Bertz CT molecular complexity index is 418. The van der Waals surface area contributed by atoms with E-state index in [1.165, 1.54) is 0 Å². The summed E-state index contributed by atoms with van der Waals surface area (Å²) in [6, 6.07) is 8.13. The minimum absolute atomic E-state index is 0.0288. The lowest BCUT2D eigenvalue weighted by atomic mass is 9.93. The molecule has 1 aromatic carbocycles. The second-order valence-corrected chi connectivity index (χ2v) is 4.38. The third-order valence-corrected chi connectivity index (χ3v) is 3.34. The summed E-state index contributed by atoms with van der Waals surface area (Å²) in [6.07, 6.45) is 0.992. The summed E-state index contributed by atoms with van der Waals surface area (Å²) in [4.78, 5) is 12.0. The van der Waals surface area contributed by atoms with Crippen molar-refractivity contribution in [3.8, 4) is 0 Å². The minimum atomic E-state index is 0.0288. The molecule has 84 valence electrons. The summed E-state index contributed by atoms with van der Waals surface area (Å²) in [7, 11) is 0. The van der Waals surface area contributed by atoms with E-state index in [0.717, 1.165) is 30.9 Å². The number of carbonyl (C=O) groups is 1. The van der Waals surface area contributed by atoms with Gasteiger partial charge in [-0.15, -0.1) is 0 Å². The zero-order valence-electron chi connectivity index (χ0n) is 8.99. The second kappa shape index (κ2) is 3.79. The van der Waals surface area contributed by atoms with Crippen molar-refractivity contribution in [1.29, 1.82) is 0 Å². The molecule has 0 aromatic heterocycles. The zero-order valence-corrected chi connectivity index (χ0v) is 8.99. The fourth-order valence-electron chi connectivity index (χ4n) is 2.45. The third kappa shape index (κ3) is 1.55. The van der Waals surface area contributed by atoms with Crippen molar-refractivity contribution < 1.29 is 4.79 Å².